The minimum Gasteiger partial charge on any atom is -0.324 e. The van der Waals surface area contributed by atoms with E-state index >= 15 is 0 Å². The fourth-order valence-electron chi connectivity index (χ4n) is 5.40. The standard InChI is InChI=1S/C33H26N4.C2H6/c1-4-13-23(14-5-1)31-34-32(24-15-6-2-7-16-24)36-33(35-31)27-20-12-22-29-30(27)26-19-10-11-21-28(26)37(29)25-17-8-3-9-18-25;1-2/h1-9,12-22,31H,10-11H2,(H,34,35,36);1-2H3. The fourth-order valence-corrected chi connectivity index (χ4v) is 5.40. The smallest absolute Gasteiger partial charge is 0.169 e. The summed E-state index contributed by atoms with van der Waals surface area (Å²) in [5.74, 6) is 1.68. The Morgan fingerprint density at radius 1 is 0.667 bits per heavy atom. The quantitative estimate of drug-likeness (QED) is 0.296. The van der Waals surface area contributed by atoms with Gasteiger partial charge in [0.25, 0.3) is 0 Å². The Bertz CT molecular complexity index is 1780. The van der Waals surface area contributed by atoms with E-state index in [1.54, 1.807) is 0 Å². The molecule has 4 heteroatoms. The molecule has 0 saturated carbocycles. The predicted octanol–water partition coefficient (Wildman–Crippen LogP) is 6.51. The van der Waals surface area contributed by atoms with Gasteiger partial charge in [-0.05, 0) is 36.6 Å². The Morgan fingerprint density at radius 2 is 1.31 bits per heavy atom. The number of amidine groups is 2. The predicted molar refractivity (Wildman–Crippen MR) is 164 cm³/mol. The molecule has 1 atom stereocenters. The van der Waals surface area contributed by atoms with Gasteiger partial charge in [0.15, 0.2) is 6.17 Å². The van der Waals surface area contributed by atoms with Crippen molar-refractivity contribution in [1.29, 1.82) is 0 Å². The van der Waals surface area contributed by atoms with Crippen LogP contribution in [-0.4, -0.2) is 16.2 Å². The molecule has 0 saturated heterocycles. The largest absolute Gasteiger partial charge is 0.324 e. The lowest BCUT2D eigenvalue weighted by Crippen LogP contribution is -2.37. The van der Waals surface area contributed by atoms with Gasteiger partial charge in [-0.15, -0.1) is 0 Å². The SMILES string of the molecule is C1=c2c(n(-c3ccccc3)c3cccc(C4=NC(c5ccccc5)N=C(c5ccccc5)N4)c23)=CCC1.CC. The molecule has 39 heavy (non-hydrogen) atoms. The summed E-state index contributed by atoms with van der Waals surface area (Å²) in [5, 5.41) is 7.37. The average molecular weight is 509 g/mol. The fraction of sp³-hybridized carbons (Fsp3) is 0.143. The van der Waals surface area contributed by atoms with Crippen LogP contribution in [0.2, 0.25) is 0 Å². The molecule has 0 spiro atoms. The van der Waals surface area contributed by atoms with Gasteiger partial charge in [0.2, 0.25) is 0 Å². The van der Waals surface area contributed by atoms with Crippen LogP contribution in [0.25, 0.3) is 28.7 Å². The van der Waals surface area contributed by atoms with E-state index in [-0.39, 0.29) is 6.17 Å². The van der Waals surface area contributed by atoms with Gasteiger partial charge in [0, 0.05) is 32.8 Å². The minimum absolute atomic E-state index is 0.314. The third-order valence-electron chi connectivity index (χ3n) is 7.08. The molecular formula is C35H32N4. The van der Waals surface area contributed by atoms with Crippen LogP contribution in [0.5, 0.6) is 0 Å². The highest BCUT2D eigenvalue weighted by atomic mass is 15.2. The number of fused-ring (bicyclic) bond motifs is 3. The normalized spacial score (nSPS) is 15.9. The first-order valence-corrected chi connectivity index (χ1v) is 13.8. The van der Waals surface area contributed by atoms with Crippen LogP contribution < -0.4 is 15.9 Å². The lowest BCUT2D eigenvalue weighted by atomic mass is 10.0. The molecule has 192 valence electrons. The summed E-state index contributed by atoms with van der Waals surface area (Å²) in [7, 11) is 0. The zero-order valence-electron chi connectivity index (χ0n) is 22.4. The molecule has 0 fully saturated rings. The second-order valence-corrected chi connectivity index (χ2v) is 9.39. The van der Waals surface area contributed by atoms with E-state index in [4.69, 9.17) is 9.98 Å². The summed E-state index contributed by atoms with van der Waals surface area (Å²) >= 11 is 0. The van der Waals surface area contributed by atoms with Crippen LogP contribution >= 0.6 is 0 Å². The van der Waals surface area contributed by atoms with Crippen LogP contribution in [-0.2, 0) is 0 Å². The van der Waals surface area contributed by atoms with Crippen molar-refractivity contribution in [3.8, 4) is 5.69 Å². The Balaban J connectivity index is 0.00000135. The highest BCUT2D eigenvalue weighted by Crippen LogP contribution is 2.26. The van der Waals surface area contributed by atoms with Gasteiger partial charge in [-0.2, -0.15) is 0 Å². The Kier molecular flexibility index (Phi) is 6.92. The third-order valence-corrected chi connectivity index (χ3v) is 7.08. The maximum absolute atomic E-state index is 5.16. The maximum Gasteiger partial charge on any atom is 0.169 e. The van der Waals surface area contributed by atoms with Crippen molar-refractivity contribution in [2.24, 2.45) is 9.98 Å². The van der Waals surface area contributed by atoms with Gasteiger partial charge in [0.05, 0.1) is 5.52 Å². The van der Waals surface area contributed by atoms with Crippen molar-refractivity contribution >= 4 is 34.7 Å². The van der Waals surface area contributed by atoms with Crippen molar-refractivity contribution < 1.29 is 0 Å². The van der Waals surface area contributed by atoms with Crippen molar-refractivity contribution in [3.63, 3.8) is 0 Å². The van der Waals surface area contributed by atoms with E-state index in [1.807, 2.05) is 50.2 Å². The lowest BCUT2D eigenvalue weighted by molar-refractivity contribution is 0.756. The number of hydrogen-bond donors (Lipinski definition) is 1. The van der Waals surface area contributed by atoms with Gasteiger partial charge in [-0.1, -0.05) is 117 Å². The van der Waals surface area contributed by atoms with E-state index in [0.717, 1.165) is 41.2 Å². The minimum atomic E-state index is -0.314. The molecule has 1 unspecified atom stereocenters. The van der Waals surface area contributed by atoms with E-state index in [0.29, 0.717) is 0 Å². The molecule has 4 aromatic carbocycles. The number of nitrogens with zero attached hydrogens (tertiary/aromatic N) is 3. The Morgan fingerprint density at radius 3 is 2.05 bits per heavy atom. The van der Waals surface area contributed by atoms with Crippen LogP contribution in [0, 0.1) is 0 Å². The number of rotatable bonds is 4. The molecule has 0 bridgehead atoms. The molecular weight excluding hydrogens is 476 g/mol. The van der Waals surface area contributed by atoms with Crippen molar-refractivity contribution in [1.82, 2.24) is 9.88 Å². The summed E-state index contributed by atoms with van der Waals surface area (Å²) in [4.78, 5) is 10.2. The van der Waals surface area contributed by atoms with Gasteiger partial charge < -0.3 is 9.88 Å². The molecule has 1 N–H and O–H groups in total. The lowest BCUT2D eigenvalue weighted by Gasteiger charge is -2.23. The molecule has 4 nitrogen and oxygen atoms in total. The molecule has 1 aliphatic carbocycles. The third kappa shape index (κ3) is 4.59. The molecule has 7 rings (SSSR count). The van der Waals surface area contributed by atoms with Crippen molar-refractivity contribution in [2.45, 2.75) is 32.9 Å². The van der Waals surface area contributed by atoms with E-state index in [2.05, 4.69) is 94.8 Å². The molecule has 2 heterocycles. The number of nitrogens with one attached hydrogen (secondary N) is 1. The summed E-state index contributed by atoms with van der Waals surface area (Å²) in [6.07, 6.45) is 6.52. The summed E-state index contributed by atoms with van der Waals surface area (Å²) in [5.41, 5.74) is 5.58. The van der Waals surface area contributed by atoms with E-state index < -0.39 is 0 Å². The molecule has 2 aliphatic rings. The van der Waals surface area contributed by atoms with E-state index in [9.17, 15) is 0 Å². The van der Waals surface area contributed by atoms with Gasteiger partial charge in [-0.3, -0.25) is 0 Å². The van der Waals surface area contributed by atoms with Gasteiger partial charge in [-0.25, -0.2) is 9.98 Å². The highest BCUT2D eigenvalue weighted by molar-refractivity contribution is 6.20. The molecule has 0 radical (unpaired) electrons. The van der Waals surface area contributed by atoms with Gasteiger partial charge >= 0.3 is 0 Å². The first kappa shape index (κ1) is 24.6. The van der Waals surface area contributed by atoms with Crippen molar-refractivity contribution in [3.05, 3.63) is 136 Å². The van der Waals surface area contributed by atoms with E-state index in [1.165, 1.54) is 27.2 Å². The number of para-hydroxylation sites is 1. The van der Waals surface area contributed by atoms with Crippen LogP contribution in [0.1, 0.15) is 49.5 Å². The summed E-state index contributed by atoms with van der Waals surface area (Å²) in [6.45, 7) is 4.00. The molecule has 1 aromatic heterocycles. The first-order valence-electron chi connectivity index (χ1n) is 13.8. The van der Waals surface area contributed by atoms with Crippen LogP contribution in [0.3, 0.4) is 0 Å². The van der Waals surface area contributed by atoms with Gasteiger partial charge in [0.1, 0.15) is 11.7 Å². The maximum atomic E-state index is 5.16. The monoisotopic (exact) mass is 508 g/mol. The zero-order valence-corrected chi connectivity index (χ0v) is 22.4. The molecule has 5 aromatic rings. The topological polar surface area (TPSA) is 41.7 Å². The second kappa shape index (κ2) is 11.0. The van der Waals surface area contributed by atoms with Crippen molar-refractivity contribution in [2.75, 3.05) is 0 Å². The summed E-state index contributed by atoms with van der Waals surface area (Å²) in [6, 6.07) is 37.8. The highest BCUT2D eigenvalue weighted by Gasteiger charge is 2.23. The molecule has 1 aliphatic heterocycles. The van der Waals surface area contributed by atoms with Crippen LogP contribution in [0.15, 0.2) is 119 Å². The number of benzene rings is 4. The zero-order chi connectivity index (χ0) is 26.6. The average Bonchev–Trinajstić information content (AvgIpc) is 3.38. The van der Waals surface area contributed by atoms with Crippen LogP contribution in [0.4, 0.5) is 0 Å². The summed E-state index contributed by atoms with van der Waals surface area (Å²) < 4.78 is 2.38. The number of aliphatic imine (C=N–C) groups is 2. The molecule has 0 amide bonds. The number of hydrogen-bond acceptors (Lipinski definition) is 3. The Hall–Kier alpha value is -4.70. The second-order valence-electron chi connectivity index (χ2n) is 9.39. The first-order chi connectivity index (χ1) is 19.4. The number of aromatic nitrogens is 1. The Labute approximate surface area is 229 Å².